The molecule has 1 aliphatic rings. The molecule has 1 heterocycles. The van der Waals surface area contributed by atoms with Crippen molar-refractivity contribution >= 4 is 38.6 Å². The molecular formula is C44H29NO2. The lowest BCUT2D eigenvalue weighted by Gasteiger charge is -2.26. The second-order valence-corrected chi connectivity index (χ2v) is 11.8. The van der Waals surface area contributed by atoms with E-state index in [4.69, 9.17) is 9.47 Å². The lowest BCUT2D eigenvalue weighted by Crippen LogP contribution is -2.09. The van der Waals surface area contributed by atoms with Crippen molar-refractivity contribution in [2.75, 3.05) is 4.90 Å². The summed E-state index contributed by atoms with van der Waals surface area (Å²) in [5, 5.41) is 4.98. The summed E-state index contributed by atoms with van der Waals surface area (Å²) in [6.45, 7) is 0. The minimum absolute atomic E-state index is 0.717. The van der Waals surface area contributed by atoms with E-state index in [1.165, 1.54) is 32.7 Å². The molecule has 9 rings (SSSR count). The molecule has 8 aromatic rings. The highest BCUT2D eigenvalue weighted by Crippen LogP contribution is 2.46. The first-order valence-corrected chi connectivity index (χ1v) is 15.8. The van der Waals surface area contributed by atoms with Gasteiger partial charge in [0.1, 0.15) is 0 Å². The van der Waals surface area contributed by atoms with Crippen molar-refractivity contribution in [3.8, 4) is 45.3 Å². The Morgan fingerprint density at radius 3 is 1.55 bits per heavy atom. The Morgan fingerprint density at radius 1 is 0.298 bits per heavy atom. The predicted octanol–water partition coefficient (Wildman–Crippen LogP) is 12.7. The van der Waals surface area contributed by atoms with Crippen molar-refractivity contribution in [3.63, 3.8) is 0 Å². The van der Waals surface area contributed by atoms with Crippen molar-refractivity contribution < 1.29 is 9.47 Å². The molecule has 0 N–H and O–H groups in total. The van der Waals surface area contributed by atoms with Gasteiger partial charge < -0.3 is 14.4 Å². The molecule has 0 bridgehead atoms. The third-order valence-electron chi connectivity index (χ3n) is 8.91. The van der Waals surface area contributed by atoms with Crippen LogP contribution in [0, 0.1) is 0 Å². The molecule has 0 unspecified atom stereocenters. The second-order valence-electron chi connectivity index (χ2n) is 11.8. The van der Waals surface area contributed by atoms with E-state index in [0.717, 1.165) is 45.4 Å². The fourth-order valence-corrected chi connectivity index (χ4v) is 6.53. The molecule has 3 heteroatoms. The molecule has 47 heavy (non-hydrogen) atoms. The third kappa shape index (κ3) is 4.95. The Morgan fingerprint density at radius 2 is 0.809 bits per heavy atom. The number of benzene rings is 8. The monoisotopic (exact) mass is 603 g/mol. The molecule has 0 aliphatic carbocycles. The van der Waals surface area contributed by atoms with Crippen molar-refractivity contribution in [1.29, 1.82) is 0 Å². The first-order chi connectivity index (χ1) is 23.3. The highest BCUT2D eigenvalue weighted by atomic mass is 16.6. The first-order valence-electron chi connectivity index (χ1n) is 15.8. The molecule has 0 aromatic heterocycles. The first kappa shape index (κ1) is 27.0. The van der Waals surface area contributed by atoms with E-state index in [2.05, 4.69) is 144 Å². The zero-order chi connectivity index (χ0) is 31.2. The van der Waals surface area contributed by atoms with Gasteiger partial charge in [-0.2, -0.15) is 0 Å². The molecule has 1 aliphatic heterocycles. The van der Waals surface area contributed by atoms with Crippen LogP contribution in [0.4, 0.5) is 17.1 Å². The molecule has 0 amide bonds. The van der Waals surface area contributed by atoms with Crippen LogP contribution < -0.4 is 14.4 Å². The normalized spacial score (nSPS) is 11.7. The van der Waals surface area contributed by atoms with Crippen LogP contribution in [0.3, 0.4) is 0 Å². The van der Waals surface area contributed by atoms with Gasteiger partial charge in [-0.3, -0.25) is 0 Å². The summed E-state index contributed by atoms with van der Waals surface area (Å²) in [7, 11) is 0. The lowest BCUT2D eigenvalue weighted by atomic mass is 10.0. The van der Waals surface area contributed by atoms with Crippen LogP contribution in [0.25, 0.3) is 43.8 Å². The summed E-state index contributed by atoms with van der Waals surface area (Å²) < 4.78 is 12.3. The van der Waals surface area contributed by atoms with Crippen LogP contribution in [0.15, 0.2) is 176 Å². The maximum absolute atomic E-state index is 6.19. The lowest BCUT2D eigenvalue weighted by molar-refractivity contribution is 0.360. The fraction of sp³-hybridized carbons (Fsp3) is 0. The van der Waals surface area contributed by atoms with Gasteiger partial charge in [0.25, 0.3) is 0 Å². The topological polar surface area (TPSA) is 21.7 Å². The van der Waals surface area contributed by atoms with Gasteiger partial charge >= 0.3 is 0 Å². The highest BCUT2D eigenvalue weighted by molar-refractivity contribution is 6.08. The van der Waals surface area contributed by atoms with Crippen molar-refractivity contribution in [1.82, 2.24) is 0 Å². The smallest absolute Gasteiger partial charge is 0.170 e. The van der Waals surface area contributed by atoms with E-state index in [1.54, 1.807) is 0 Å². The molecule has 0 saturated carbocycles. The highest BCUT2D eigenvalue weighted by Gasteiger charge is 2.19. The van der Waals surface area contributed by atoms with Crippen molar-refractivity contribution in [2.24, 2.45) is 0 Å². The zero-order valence-electron chi connectivity index (χ0n) is 25.5. The third-order valence-corrected chi connectivity index (χ3v) is 8.91. The van der Waals surface area contributed by atoms with Crippen LogP contribution in [0.5, 0.6) is 23.0 Å². The average molecular weight is 604 g/mol. The molecule has 0 saturated heterocycles. The van der Waals surface area contributed by atoms with Crippen LogP contribution in [-0.2, 0) is 0 Å². The summed E-state index contributed by atoms with van der Waals surface area (Å²) in [4.78, 5) is 2.33. The number of hydrogen-bond acceptors (Lipinski definition) is 3. The van der Waals surface area contributed by atoms with Gasteiger partial charge in [0, 0.05) is 17.1 Å². The summed E-state index contributed by atoms with van der Waals surface area (Å²) in [5.74, 6) is 2.90. The fourth-order valence-electron chi connectivity index (χ4n) is 6.53. The number of para-hydroxylation sites is 2. The number of hydrogen-bond donors (Lipinski definition) is 0. The Bertz CT molecular complexity index is 2400. The van der Waals surface area contributed by atoms with Gasteiger partial charge in [-0.15, -0.1) is 0 Å². The van der Waals surface area contributed by atoms with Gasteiger partial charge in [-0.25, -0.2) is 0 Å². The summed E-state index contributed by atoms with van der Waals surface area (Å²) in [6, 6.07) is 61.7. The van der Waals surface area contributed by atoms with E-state index in [1.807, 2.05) is 36.4 Å². The van der Waals surface area contributed by atoms with Crippen LogP contribution >= 0.6 is 0 Å². The number of rotatable bonds is 5. The quantitative estimate of drug-likeness (QED) is 0.183. The summed E-state index contributed by atoms with van der Waals surface area (Å²) in [5.41, 5.74) is 7.83. The van der Waals surface area contributed by atoms with Crippen LogP contribution in [-0.4, -0.2) is 0 Å². The van der Waals surface area contributed by atoms with E-state index in [-0.39, 0.29) is 0 Å². The minimum atomic E-state index is 0.717. The molecule has 0 radical (unpaired) electrons. The zero-order valence-corrected chi connectivity index (χ0v) is 25.5. The second kappa shape index (κ2) is 11.2. The van der Waals surface area contributed by atoms with Gasteiger partial charge in [0.2, 0.25) is 0 Å². The van der Waals surface area contributed by atoms with E-state index in [0.29, 0.717) is 5.75 Å². The summed E-state index contributed by atoms with van der Waals surface area (Å²) in [6.07, 6.45) is 0. The summed E-state index contributed by atoms with van der Waals surface area (Å²) >= 11 is 0. The van der Waals surface area contributed by atoms with E-state index >= 15 is 0 Å². The molecule has 3 nitrogen and oxygen atoms in total. The molecule has 222 valence electrons. The molecule has 0 atom stereocenters. The number of nitrogens with zero attached hydrogens (tertiary/aromatic N) is 1. The molecular weight excluding hydrogens is 574 g/mol. The van der Waals surface area contributed by atoms with Gasteiger partial charge in [-0.05, 0) is 104 Å². The van der Waals surface area contributed by atoms with E-state index < -0.39 is 0 Å². The molecule has 0 fully saturated rings. The van der Waals surface area contributed by atoms with Gasteiger partial charge in [-0.1, -0.05) is 115 Å². The number of fused-ring (bicyclic) bond motifs is 5. The molecule has 8 aromatic carbocycles. The van der Waals surface area contributed by atoms with Crippen LogP contribution in [0.1, 0.15) is 0 Å². The van der Waals surface area contributed by atoms with Crippen LogP contribution in [0.2, 0.25) is 0 Å². The SMILES string of the molecule is c1ccc(-c2ccc(N(c3ccc(-c4ccc5c(c4)Oc4ccccc4O5)cc3)c3ccc4c(ccc5ccccc54)c3)cc2)cc1. The standard InChI is InChI=1S/C44H29NO2/c1-2-8-30(9-3-1)31-16-21-36(22-17-31)45(38-25-26-40-35(28-38)15-14-33-10-4-5-11-39(33)40)37-23-18-32(19-24-37)34-20-27-43-44(29-34)47-42-13-7-6-12-41(42)46-43/h1-29H. The van der Waals surface area contributed by atoms with Crippen molar-refractivity contribution in [3.05, 3.63) is 176 Å². The molecule has 0 spiro atoms. The Balaban J connectivity index is 1.10. The maximum Gasteiger partial charge on any atom is 0.170 e. The minimum Gasteiger partial charge on any atom is -0.450 e. The Kier molecular flexibility index (Phi) is 6.46. The van der Waals surface area contributed by atoms with Gasteiger partial charge in [0.15, 0.2) is 23.0 Å². The number of anilines is 3. The average Bonchev–Trinajstić information content (AvgIpc) is 3.14. The van der Waals surface area contributed by atoms with E-state index in [9.17, 15) is 0 Å². The van der Waals surface area contributed by atoms with Gasteiger partial charge in [0.05, 0.1) is 0 Å². The van der Waals surface area contributed by atoms with Crippen molar-refractivity contribution in [2.45, 2.75) is 0 Å². The Hall–Kier alpha value is -6.32. The Labute approximate surface area is 273 Å². The number of ether oxygens (including phenoxy) is 2. The maximum atomic E-state index is 6.19. The largest absolute Gasteiger partial charge is 0.450 e. The predicted molar refractivity (Wildman–Crippen MR) is 194 cm³/mol.